The van der Waals surface area contributed by atoms with Gasteiger partial charge in [-0.3, -0.25) is 4.79 Å². The second-order valence-corrected chi connectivity index (χ2v) is 8.16. The summed E-state index contributed by atoms with van der Waals surface area (Å²) in [7, 11) is 4.10. The Morgan fingerprint density at radius 3 is 2.53 bits per heavy atom. The summed E-state index contributed by atoms with van der Waals surface area (Å²) >= 11 is 0. The maximum Gasteiger partial charge on any atom is 0.246 e. The van der Waals surface area contributed by atoms with Gasteiger partial charge in [0.25, 0.3) is 0 Å². The lowest BCUT2D eigenvalue weighted by molar-refractivity contribution is -0.127. The molecule has 2 N–H and O–H groups in total. The van der Waals surface area contributed by atoms with Gasteiger partial charge < -0.3 is 24.8 Å². The molecule has 0 bridgehead atoms. The Bertz CT molecular complexity index is 1370. The molecule has 4 rings (SSSR count). The highest BCUT2D eigenvalue weighted by molar-refractivity contribution is 5.87. The van der Waals surface area contributed by atoms with E-state index in [4.69, 9.17) is 19.9 Å². The Morgan fingerprint density at radius 2 is 1.92 bits per heavy atom. The Kier molecular flexibility index (Phi) is 7.07. The fourth-order valence-corrected chi connectivity index (χ4v) is 4.47. The molecule has 0 saturated carbocycles. The number of carbonyl (C=O) groups excluding carboxylic acids is 1. The third kappa shape index (κ3) is 4.31. The molecule has 1 aliphatic rings. The number of rotatable bonds is 6. The van der Waals surface area contributed by atoms with Crippen molar-refractivity contribution in [2.75, 3.05) is 40.2 Å². The van der Waals surface area contributed by atoms with Crippen LogP contribution in [0, 0.1) is 23.5 Å². The van der Waals surface area contributed by atoms with Gasteiger partial charge in [-0.1, -0.05) is 18.4 Å². The number of nitrogens with two attached hydrogens (primary N) is 1. The number of ether oxygens (including phenoxy) is 3. The van der Waals surface area contributed by atoms with E-state index < -0.39 is 17.2 Å². The van der Waals surface area contributed by atoms with Crippen molar-refractivity contribution < 1.29 is 27.8 Å². The molecule has 1 amide bonds. The molecule has 11 heteroatoms. The van der Waals surface area contributed by atoms with Crippen LogP contribution in [0.5, 0.6) is 11.5 Å². The number of fused-ring (bicyclic) bond motifs is 1. The summed E-state index contributed by atoms with van der Waals surface area (Å²) in [5.74, 6) is 2.87. The zero-order valence-corrected chi connectivity index (χ0v) is 20.0. The summed E-state index contributed by atoms with van der Waals surface area (Å²) in [4.78, 5) is 18.2. The predicted molar refractivity (Wildman–Crippen MR) is 128 cm³/mol. The normalized spacial score (nSPS) is 17.1. The van der Waals surface area contributed by atoms with Crippen molar-refractivity contribution in [3.05, 3.63) is 59.6 Å². The molecule has 0 aliphatic carbocycles. The molecule has 0 radical (unpaired) electrons. The topological polar surface area (TPSA) is 104 Å². The van der Waals surface area contributed by atoms with Crippen molar-refractivity contribution in [3.8, 4) is 23.3 Å². The molecule has 1 aliphatic heterocycles. The van der Waals surface area contributed by atoms with E-state index in [2.05, 4.69) is 28.5 Å². The number of carbonyl (C=O) groups is 1. The number of nitrogen functional groups attached to an aromatic ring is 1. The maximum atomic E-state index is 14.8. The van der Waals surface area contributed by atoms with Crippen molar-refractivity contribution in [1.82, 2.24) is 19.5 Å². The standard InChI is InChI=1S/C25H25F2N5O4/c1-5-21(33)31-11-15(8-16(31)12-34-2)18-9-14(24-25(28)29-13-30-32(18)24)6-7-17-22(26)19(35-3)10-20(36-4)23(17)27/h5,9-10,13,15-16H,1,8,11-12H2,2-4H3,(H2,28,29,30)/t15-,16-/m1/s1. The van der Waals surface area contributed by atoms with E-state index in [1.807, 2.05) is 0 Å². The molecule has 9 nitrogen and oxygen atoms in total. The van der Waals surface area contributed by atoms with Crippen LogP contribution in [0.3, 0.4) is 0 Å². The fraction of sp³-hybridized carbons (Fsp3) is 0.320. The van der Waals surface area contributed by atoms with Gasteiger partial charge in [-0.15, -0.1) is 0 Å². The van der Waals surface area contributed by atoms with Crippen LogP contribution in [0.15, 0.2) is 31.1 Å². The first-order valence-electron chi connectivity index (χ1n) is 11.0. The molecular weight excluding hydrogens is 472 g/mol. The van der Waals surface area contributed by atoms with Gasteiger partial charge >= 0.3 is 0 Å². The number of anilines is 1. The van der Waals surface area contributed by atoms with Crippen molar-refractivity contribution in [3.63, 3.8) is 0 Å². The summed E-state index contributed by atoms with van der Waals surface area (Å²) in [6.45, 7) is 4.34. The van der Waals surface area contributed by atoms with Crippen molar-refractivity contribution in [2.45, 2.75) is 18.4 Å². The van der Waals surface area contributed by atoms with Gasteiger partial charge in [0, 0.05) is 31.3 Å². The number of likely N-dealkylation sites (tertiary alicyclic amines) is 1. The molecular formula is C25H25F2N5O4. The van der Waals surface area contributed by atoms with Crippen LogP contribution in [0.1, 0.15) is 29.2 Å². The van der Waals surface area contributed by atoms with Gasteiger partial charge in [-0.25, -0.2) is 18.3 Å². The van der Waals surface area contributed by atoms with Crippen LogP contribution in [-0.4, -0.2) is 65.9 Å². The van der Waals surface area contributed by atoms with Crippen molar-refractivity contribution in [2.24, 2.45) is 0 Å². The summed E-state index contributed by atoms with van der Waals surface area (Å²) in [5, 5.41) is 4.33. The Labute approximate surface area is 206 Å². The number of hydrogen-bond donors (Lipinski definition) is 1. The highest BCUT2D eigenvalue weighted by Crippen LogP contribution is 2.35. The van der Waals surface area contributed by atoms with Crippen LogP contribution in [0.2, 0.25) is 0 Å². The summed E-state index contributed by atoms with van der Waals surface area (Å²) < 4.78 is 46.5. The Morgan fingerprint density at radius 1 is 1.22 bits per heavy atom. The van der Waals surface area contributed by atoms with Gasteiger partial charge in [0.2, 0.25) is 5.91 Å². The van der Waals surface area contributed by atoms with Crippen LogP contribution in [0.4, 0.5) is 14.6 Å². The van der Waals surface area contributed by atoms with E-state index in [9.17, 15) is 13.6 Å². The number of halogens is 2. The zero-order chi connectivity index (χ0) is 26.0. The zero-order valence-electron chi connectivity index (χ0n) is 20.0. The summed E-state index contributed by atoms with van der Waals surface area (Å²) in [5.41, 5.74) is 7.13. The molecule has 1 fully saturated rings. The second kappa shape index (κ2) is 10.2. The minimum Gasteiger partial charge on any atom is -0.493 e. The van der Waals surface area contributed by atoms with Gasteiger partial charge in [-0.2, -0.15) is 5.10 Å². The van der Waals surface area contributed by atoms with Gasteiger partial charge in [0.15, 0.2) is 29.0 Å². The van der Waals surface area contributed by atoms with Crippen LogP contribution < -0.4 is 15.2 Å². The number of methoxy groups -OCH3 is 3. The highest BCUT2D eigenvalue weighted by Gasteiger charge is 2.37. The van der Waals surface area contributed by atoms with Crippen molar-refractivity contribution >= 4 is 17.2 Å². The predicted octanol–water partition coefficient (Wildman–Crippen LogP) is 2.52. The minimum absolute atomic E-state index is 0.128. The van der Waals surface area contributed by atoms with E-state index in [0.717, 1.165) is 11.8 Å². The molecule has 0 unspecified atom stereocenters. The average molecular weight is 498 g/mol. The first-order valence-corrected chi connectivity index (χ1v) is 11.0. The summed E-state index contributed by atoms with van der Waals surface area (Å²) in [6.07, 6.45) is 3.18. The first kappa shape index (κ1) is 24.9. The molecule has 2 atom stereocenters. The van der Waals surface area contributed by atoms with Crippen LogP contribution >= 0.6 is 0 Å². The van der Waals surface area contributed by atoms with E-state index >= 15 is 0 Å². The highest BCUT2D eigenvalue weighted by atomic mass is 19.1. The molecule has 0 spiro atoms. The molecule has 1 saturated heterocycles. The van der Waals surface area contributed by atoms with E-state index in [0.29, 0.717) is 30.7 Å². The van der Waals surface area contributed by atoms with Gasteiger partial charge in [-0.05, 0) is 18.6 Å². The first-order chi connectivity index (χ1) is 17.3. The average Bonchev–Trinajstić information content (AvgIpc) is 3.46. The molecule has 2 aromatic heterocycles. The Hall–Kier alpha value is -4.17. The van der Waals surface area contributed by atoms with E-state index in [1.165, 1.54) is 26.6 Å². The van der Waals surface area contributed by atoms with Crippen LogP contribution in [-0.2, 0) is 9.53 Å². The molecule has 3 aromatic rings. The number of benzene rings is 1. The number of amides is 1. The fourth-order valence-electron chi connectivity index (χ4n) is 4.47. The maximum absolute atomic E-state index is 14.8. The number of hydrogen-bond acceptors (Lipinski definition) is 7. The SMILES string of the molecule is C=CC(=O)N1C[C@H](c2cc(C#Cc3c(F)c(OC)cc(OC)c3F)c3c(N)ncnn23)C[C@@H]1COC. The monoisotopic (exact) mass is 497 g/mol. The number of nitrogens with zero attached hydrogens (tertiary/aromatic N) is 4. The lowest BCUT2D eigenvalue weighted by Crippen LogP contribution is -2.37. The molecule has 1 aromatic carbocycles. The lowest BCUT2D eigenvalue weighted by atomic mass is 10.0. The van der Waals surface area contributed by atoms with E-state index in [-0.39, 0.29) is 35.2 Å². The lowest BCUT2D eigenvalue weighted by Gasteiger charge is -2.22. The molecule has 36 heavy (non-hydrogen) atoms. The molecule has 188 valence electrons. The largest absolute Gasteiger partial charge is 0.493 e. The minimum atomic E-state index is -0.951. The van der Waals surface area contributed by atoms with E-state index in [1.54, 1.807) is 22.6 Å². The number of aromatic nitrogens is 3. The quantitative estimate of drug-likeness (QED) is 0.412. The van der Waals surface area contributed by atoms with Crippen molar-refractivity contribution in [1.29, 1.82) is 0 Å². The summed E-state index contributed by atoms with van der Waals surface area (Å²) in [6, 6.07) is 2.70. The smallest absolute Gasteiger partial charge is 0.246 e. The third-order valence-electron chi connectivity index (χ3n) is 6.16. The van der Waals surface area contributed by atoms with Gasteiger partial charge in [0.05, 0.1) is 32.4 Å². The Balaban J connectivity index is 1.82. The molecule has 3 heterocycles. The third-order valence-corrected chi connectivity index (χ3v) is 6.16. The van der Waals surface area contributed by atoms with Crippen LogP contribution in [0.25, 0.3) is 5.52 Å². The van der Waals surface area contributed by atoms with Gasteiger partial charge in [0.1, 0.15) is 17.4 Å². The second-order valence-electron chi connectivity index (χ2n) is 8.16.